The molecule has 0 saturated carbocycles. The van der Waals surface area contributed by atoms with Crippen LogP contribution in [0.25, 0.3) is 0 Å². The summed E-state index contributed by atoms with van der Waals surface area (Å²) >= 11 is 0. The number of fused-ring (bicyclic) bond motifs is 2. The Bertz CT molecular complexity index is 1070. The molecule has 0 spiro atoms. The molecule has 4 unspecified atom stereocenters. The molecule has 4 heterocycles. The number of likely N-dealkylation sites (tertiary alicyclic amines) is 1. The van der Waals surface area contributed by atoms with E-state index in [1.807, 2.05) is 18.2 Å². The van der Waals surface area contributed by atoms with Crippen molar-refractivity contribution < 1.29 is 42.7 Å². The van der Waals surface area contributed by atoms with E-state index in [-0.39, 0.29) is 55.2 Å². The number of benzene rings is 1. The summed E-state index contributed by atoms with van der Waals surface area (Å²) in [6, 6.07) is 7.98. The first-order valence-electron chi connectivity index (χ1n) is 14.0. The van der Waals surface area contributed by atoms with Crippen LogP contribution in [0.4, 0.5) is 0 Å². The van der Waals surface area contributed by atoms with Crippen molar-refractivity contribution in [3.8, 4) is 0 Å². The SMILES string of the molecule is O=C([O-])CCc1ccccc1CC1C2CCC(O2)C1c1nc(C(=O)NCCCCN2CCCCC2)co1.[Li+]. The number of nitrogens with one attached hydrogen (secondary N) is 1. The summed E-state index contributed by atoms with van der Waals surface area (Å²) < 4.78 is 12.1. The Morgan fingerprint density at radius 3 is 2.61 bits per heavy atom. The fraction of sp³-hybridized carbons (Fsp3) is 0.621. The van der Waals surface area contributed by atoms with E-state index in [0.29, 0.717) is 24.6 Å². The van der Waals surface area contributed by atoms with Crippen molar-refractivity contribution in [3.05, 3.63) is 53.2 Å². The molecule has 38 heavy (non-hydrogen) atoms. The standard InChI is InChI=1S/C29H39N3O5.Li/c33-26(34)13-10-20-8-2-3-9-21(20)18-22-24-11-12-25(37-24)27(22)29-31-23(19-36-29)28(35)30-14-4-7-17-32-15-5-1-6-16-32;/h2-3,8-9,19,22,24-25,27H,1,4-7,10-18H2,(H,30,35)(H,33,34);/q;+1/p-1. The molecule has 200 valence electrons. The monoisotopic (exact) mass is 515 g/mol. The van der Waals surface area contributed by atoms with Gasteiger partial charge < -0.3 is 29.3 Å². The van der Waals surface area contributed by atoms with Gasteiger partial charge in [-0.2, -0.15) is 0 Å². The minimum Gasteiger partial charge on any atom is -0.550 e. The summed E-state index contributed by atoms with van der Waals surface area (Å²) in [5, 5.41) is 14.0. The number of oxazole rings is 1. The zero-order valence-electron chi connectivity index (χ0n) is 22.5. The first-order valence-corrected chi connectivity index (χ1v) is 14.0. The molecule has 4 atom stereocenters. The summed E-state index contributed by atoms with van der Waals surface area (Å²) in [4.78, 5) is 30.8. The number of aryl methyl sites for hydroxylation is 1. The molecule has 5 rings (SSSR count). The summed E-state index contributed by atoms with van der Waals surface area (Å²) in [6.45, 7) is 4.14. The van der Waals surface area contributed by atoms with Crippen LogP contribution in [0.2, 0.25) is 0 Å². The van der Waals surface area contributed by atoms with Gasteiger partial charge in [0.05, 0.1) is 18.1 Å². The number of amides is 1. The van der Waals surface area contributed by atoms with Crippen LogP contribution in [0.1, 0.15) is 84.8 Å². The third-order valence-corrected chi connectivity index (χ3v) is 8.27. The quantitative estimate of drug-likeness (QED) is 0.310. The number of carboxylic acid groups (broad SMARTS) is 1. The summed E-state index contributed by atoms with van der Waals surface area (Å²) in [5.41, 5.74) is 2.48. The fourth-order valence-electron chi connectivity index (χ4n) is 6.35. The zero-order chi connectivity index (χ0) is 25.6. The summed E-state index contributed by atoms with van der Waals surface area (Å²) in [6.07, 6.45) is 10.8. The van der Waals surface area contributed by atoms with Gasteiger partial charge in [0.25, 0.3) is 5.91 Å². The number of nitrogens with zero attached hydrogens (tertiary/aromatic N) is 2. The average molecular weight is 516 g/mol. The fourth-order valence-corrected chi connectivity index (χ4v) is 6.35. The molecule has 0 radical (unpaired) electrons. The number of rotatable bonds is 12. The molecule has 1 amide bonds. The molecular weight excluding hydrogens is 477 g/mol. The predicted octanol–water partition coefficient (Wildman–Crippen LogP) is -0.139. The van der Waals surface area contributed by atoms with E-state index in [1.165, 1.54) is 38.6 Å². The number of piperidine rings is 1. The van der Waals surface area contributed by atoms with Gasteiger partial charge >= 0.3 is 18.9 Å². The molecule has 3 fully saturated rings. The van der Waals surface area contributed by atoms with Crippen LogP contribution in [0, 0.1) is 5.92 Å². The summed E-state index contributed by atoms with van der Waals surface area (Å²) in [7, 11) is 0. The topological polar surface area (TPSA) is 108 Å². The minimum absolute atomic E-state index is 0. The third-order valence-electron chi connectivity index (χ3n) is 8.27. The number of ether oxygens (including phenoxy) is 1. The maximum Gasteiger partial charge on any atom is 1.00 e. The Hall–Kier alpha value is -2.11. The van der Waals surface area contributed by atoms with Gasteiger partial charge in [-0.05, 0) is 88.5 Å². The molecule has 1 aromatic heterocycles. The number of carbonyl (C=O) groups is 2. The first kappa shape index (κ1) is 28.9. The maximum atomic E-state index is 12.7. The molecule has 3 aliphatic rings. The number of aromatic nitrogens is 1. The summed E-state index contributed by atoms with van der Waals surface area (Å²) in [5.74, 6) is -0.504. The van der Waals surface area contributed by atoms with Crippen LogP contribution < -0.4 is 29.3 Å². The third kappa shape index (κ3) is 7.09. The molecule has 9 heteroatoms. The molecule has 0 aliphatic carbocycles. The Labute approximate surface area is 237 Å². The Morgan fingerprint density at radius 2 is 1.82 bits per heavy atom. The second-order valence-electron chi connectivity index (χ2n) is 10.8. The van der Waals surface area contributed by atoms with Gasteiger partial charge in [0.15, 0.2) is 5.69 Å². The van der Waals surface area contributed by atoms with E-state index in [2.05, 4.69) is 21.3 Å². The average Bonchev–Trinajstić information content (AvgIpc) is 3.65. The van der Waals surface area contributed by atoms with Gasteiger partial charge in [0.2, 0.25) is 5.89 Å². The van der Waals surface area contributed by atoms with E-state index in [0.717, 1.165) is 49.8 Å². The van der Waals surface area contributed by atoms with Gasteiger partial charge in [-0.1, -0.05) is 30.7 Å². The molecule has 2 aromatic rings. The van der Waals surface area contributed by atoms with Crippen LogP contribution in [-0.4, -0.2) is 60.1 Å². The van der Waals surface area contributed by atoms with Crippen molar-refractivity contribution in [3.63, 3.8) is 0 Å². The molecular formula is C29H38LiN3O5. The van der Waals surface area contributed by atoms with E-state index < -0.39 is 5.97 Å². The van der Waals surface area contributed by atoms with Crippen molar-refractivity contribution in [2.75, 3.05) is 26.2 Å². The number of aliphatic carboxylic acids is 1. The van der Waals surface area contributed by atoms with Crippen molar-refractivity contribution in [2.24, 2.45) is 5.92 Å². The molecule has 3 saturated heterocycles. The number of unbranched alkanes of at least 4 members (excludes halogenated alkanes) is 1. The molecule has 3 aliphatic heterocycles. The van der Waals surface area contributed by atoms with Crippen LogP contribution in [-0.2, 0) is 22.4 Å². The van der Waals surface area contributed by atoms with Crippen LogP contribution in [0.3, 0.4) is 0 Å². The first-order chi connectivity index (χ1) is 18.1. The second kappa shape index (κ2) is 13.8. The Kier molecular flexibility index (Phi) is 10.5. The molecule has 1 aromatic carbocycles. The van der Waals surface area contributed by atoms with Crippen LogP contribution in [0.15, 0.2) is 34.9 Å². The van der Waals surface area contributed by atoms with Gasteiger partial charge in [-0.3, -0.25) is 4.79 Å². The van der Waals surface area contributed by atoms with Gasteiger partial charge in [-0.15, -0.1) is 0 Å². The van der Waals surface area contributed by atoms with Gasteiger partial charge in [0, 0.05) is 18.4 Å². The van der Waals surface area contributed by atoms with Gasteiger partial charge in [0.1, 0.15) is 6.26 Å². The van der Waals surface area contributed by atoms with E-state index >= 15 is 0 Å². The smallest absolute Gasteiger partial charge is 0.550 e. The van der Waals surface area contributed by atoms with Gasteiger partial charge in [-0.25, -0.2) is 4.98 Å². The normalized spacial score (nSPS) is 24.7. The van der Waals surface area contributed by atoms with E-state index in [9.17, 15) is 14.7 Å². The van der Waals surface area contributed by atoms with Crippen molar-refractivity contribution >= 4 is 11.9 Å². The van der Waals surface area contributed by atoms with Crippen LogP contribution >= 0.6 is 0 Å². The van der Waals surface area contributed by atoms with Crippen LogP contribution in [0.5, 0.6) is 0 Å². The molecule has 8 nitrogen and oxygen atoms in total. The maximum absolute atomic E-state index is 12.7. The number of hydrogen-bond donors (Lipinski definition) is 1. The van der Waals surface area contributed by atoms with E-state index in [1.54, 1.807) is 0 Å². The van der Waals surface area contributed by atoms with Crippen molar-refractivity contribution in [1.29, 1.82) is 0 Å². The Balaban J connectivity index is 0.00000336. The largest absolute Gasteiger partial charge is 1.00 e. The van der Waals surface area contributed by atoms with E-state index in [4.69, 9.17) is 9.15 Å². The van der Waals surface area contributed by atoms with Crippen molar-refractivity contribution in [1.82, 2.24) is 15.2 Å². The Morgan fingerprint density at radius 1 is 1.05 bits per heavy atom. The molecule has 1 N–H and O–H groups in total. The minimum atomic E-state index is -1.04. The second-order valence-corrected chi connectivity index (χ2v) is 10.8. The number of carboxylic acids is 1. The molecule has 2 bridgehead atoms. The zero-order valence-corrected chi connectivity index (χ0v) is 22.5. The predicted molar refractivity (Wildman–Crippen MR) is 136 cm³/mol. The number of carbonyl (C=O) groups excluding carboxylic acids is 2. The number of hydrogen-bond acceptors (Lipinski definition) is 7. The van der Waals surface area contributed by atoms with Crippen molar-refractivity contribution in [2.45, 2.75) is 82.3 Å².